The highest BCUT2D eigenvalue weighted by atomic mass is 35.5. The molecule has 6 nitrogen and oxygen atoms in total. The number of thiol groups is 1. The van der Waals surface area contributed by atoms with Crippen LogP contribution >= 0.6 is 33.8 Å². The molecule has 1 aromatic carbocycles. The van der Waals surface area contributed by atoms with Crippen LogP contribution in [0.3, 0.4) is 0 Å². The molecular weight excluding hydrogens is 521 g/mol. The number of alkyl halides is 3. The minimum Gasteiger partial charge on any atom is -0.379 e. The number of methoxy groups -OCH3 is 1. The van der Waals surface area contributed by atoms with Crippen LogP contribution in [0.2, 0.25) is 5.02 Å². The molecule has 1 fully saturated rings. The number of ether oxygens (including phenoxy) is 1. The third-order valence-electron chi connectivity index (χ3n) is 6.43. The first-order chi connectivity index (χ1) is 16.5. The lowest BCUT2D eigenvalue weighted by molar-refractivity contribution is -0.137. The van der Waals surface area contributed by atoms with Gasteiger partial charge >= 0.3 is 11.9 Å². The molecule has 4 heterocycles. The van der Waals surface area contributed by atoms with Gasteiger partial charge in [0, 0.05) is 57.9 Å². The predicted molar refractivity (Wildman–Crippen MR) is 136 cm³/mol. The van der Waals surface area contributed by atoms with Crippen molar-refractivity contribution in [1.82, 2.24) is 14.9 Å². The quantitative estimate of drug-likeness (QED) is 0.464. The summed E-state index contributed by atoms with van der Waals surface area (Å²) in [6.07, 6.45) is -4.90. The van der Waals surface area contributed by atoms with Crippen LogP contribution in [0.5, 0.6) is 0 Å². The second kappa shape index (κ2) is 9.26. The Morgan fingerprint density at radius 3 is 2.51 bits per heavy atom. The molecule has 0 amide bonds. The third-order valence-corrected chi connectivity index (χ3v) is 10.8. The first kappa shape index (κ1) is 24.9. The van der Waals surface area contributed by atoms with Gasteiger partial charge < -0.3 is 15.0 Å². The van der Waals surface area contributed by atoms with E-state index in [2.05, 4.69) is 10.3 Å². The maximum absolute atomic E-state index is 14.2. The van der Waals surface area contributed by atoms with Crippen LogP contribution in [0.25, 0.3) is 10.9 Å². The first-order valence-corrected chi connectivity index (χ1v) is 14.0. The normalized spacial score (nSPS) is 26.2. The van der Waals surface area contributed by atoms with E-state index in [1.807, 2.05) is 24.8 Å². The molecule has 1 saturated heterocycles. The highest BCUT2D eigenvalue weighted by Gasteiger charge is 2.36. The summed E-state index contributed by atoms with van der Waals surface area (Å²) in [5.74, 6) is 0.792. The zero-order valence-corrected chi connectivity index (χ0v) is 21.9. The third kappa shape index (κ3) is 4.69. The molecule has 2 aliphatic rings. The van der Waals surface area contributed by atoms with Crippen LogP contribution in [0.15, 0.2) is 37.5 Å². The summed E-state index contributed by atoms with van der Waals surface area (Å²) >= 11 is 7.63. The van der Waals surface area contributed by atoms with Gasteiger partial charge in [-0.3, -0.25) is 4.57 Å². The van der Waals surface area contributed by atoms with Gasteiger partial charge in [0.05, 0.1) is 28.8 Å². The lowest BCUT2D eigenvalue weighted by Gasteiger charge is -2.37. The van der Waals surface area contributed by atoms with E-state index >= 15 is 0 Å². The molecule has 0 saturated carbocycles. The van der Waals surface area contributed by atoms with Crippen molar-refractivity contribution in [2.45, 2.75) is 53.9 Å². The minimum atomic E-state index is -4.55. The van der Waals surface area contributed by atoms with Crippen molar-refractivity contribution in [3.8, 4) is 0 Å². The number of piperazine rings is 1. The Kier molecular flexibility index (Phi) is 6.58. The maximum atomic E-state index is 14.2. The topological polar surface area (TPSA) is 59.4 Å². The highest BCUT2D eigenvalue weighted by Crippen LogP contribution is 2.54. The number of rotatable bonds is 3. The van der Waals surface area contributed by atoms with Gasteiger partial charge in [-0.05, 0) is 32.0 Å². The molecule has 0 aliphatic carbocycles. The lowest BCUT2D eigenvalue weighted by Crippen LogP contribution is -2.55. The molecule has 0 bridgehead atoms. The summed E-state index contributed by atoms with van der Waals surface area (Å²) in [4.78, 5) is 20.1. The number of hydrogen-bond donors (Lipinski definition) is 2. The molecule has 0 spiro atoms. The van der Waals surface area contributed by atoms with Gasteiger partial charge in [-0.2, -0.15) is 29.1 Å². The van der Waals surface area contributed by atoms with Gasteiger partial charge in [-0.15, -0.1) is 11.3 Å². The molecule has 5 rings (SSSR count). The predicted octanol–water partition coefficient (Wildman–Crippen LogP) is 4.76. The molecule has 4 atom stereocenters. The molecule has 2 aromatic heterocycles. The number of hydrogen-bond acceptors (Lipinski definition) is 6. The van der Waals surface area contributed by atoms with Gasteiger partial charge in [-0.25, -0.2) is 4.79 Å². The van der Waals surface area contributed by atoms with E-state index in [1.165, 1.54) is 22.0 Å². The Hall–Kier alpha value is -1.79. The zero-order chi connectivity index (χ0) is 25.1. The fourth-order valence-electron chi connectivity index (χ4n) is 5.03. The number of halogens is 4. The monoisotopic (exact) mass is 546 g/mol. The van der Waals surface area contributed by atoms with Gasteiger partial charge in [-0.1, -0.05) is 11.6 Å². The van der Waals surface area contributed by atoms with Gasteiger partial charge in [0.15, 0.2) is 0 Å². The Balaban J connectivity index is 1.84. The Morgan fingerprint density at radius 1 is 1.20 bits per heavy atom. The van der Waals surface area contributed by atoms with E-state index in [-0.39, 0.29) is 24.7 Å². The van der Waals surface area contributed by atoms with Crippen molar-refractivity contribution in [2.75, 3.05) is 30.9 Å². The second-order valence-electron chi connectivity index (χ2n) is 9.16. The molecule has 1 unspecified atom stereocenters. The lowest BCUT2D eigenvalue weighted by atomic mass is 10.1. The average molecular weight is 547 g/mol. The van der Waals surface area contributed by atoms with E-state index in [0.717, 1.165) is 10.3 Å². The average Bonchev–Trinajstić information content (AvgIpc) is 3.13. The van der Waals surface area contributed by atoms with Crippen LogP contribution in [0.4, 0.5) is 19.0 Å². The molecule has 1 N–H and O–H groups in total. The molecule has 3 aromatic rings. The SMILES string of the molecule is CO[C@H]1Cn2c(=O)nc(N3C[C@@H](C)N[C@@H](C)C3)c3cc(C(F)(F)F)cc(c32)[SH](c2cc(Cl)cs2)C1. The number of thiophene rings is 1. The van der Waals surface area contributed by atoms with Crippen molar-refractivity contribution in [3.63, 3.8) is 0 Å². The summed E-state index contributed by atoms with van der Waals surface area (Å²) in [7, 11) is 0.304. The van der Waals surface area contributed by atoms with Crippen molar-refractivity contribution >= 4 is 50.6 Å². The molecular formula is C23H26ClF3N4O2S2. The van der Waals surface area contributed by atoms with Crippen LogP contribution in [-0.4, -0.2) is 53.7 Å². The highest BCUT2D eigenvalue weighted by molar-refractivity contribution is 8.18. The van der Waals surface area contributed by atoms with Crippen molar-refractivity contribution in [3.05, 3.63) is 44.6 Å². The Bertz CT molecular complexity index is 1320. The molecule has 190 valence electrons. The summed E-state index contributed by atoms with van der Waals surface area (Å²) in [5, 5.41) is 6.10. The number of benzene rings is 1. The fourth-order valence-corrected chi connectivity index (χ4v) is 9.46. The van der Waals surface area contributed by atoms with Gasteiger partial charge in [0.25, 0.3) is 0 Å². The van der Waals surface area contributed by atoms with Crippen LogP contribution < -0.4 is 15.9 Å². The fraction of sp³-hybridized carbons (Fsp3) is 0.478. The second-order valence-corrected chi connectivity index (χ2v) is 13.0. The number of nitrogens with one attached hydrogen (secondary N) is 1. The van der Waals surface area contributed by atoms with Crippen LogP contribution in [0, 0.1) is 0 Å². The Morgan fingerprint density at radius 2 is 1.91 bits per heavy atom. The largest absolute Gasteiger partial charge is 0.416 e. The first-order valence-electron chi connectivity index (χ1n) is 11.3. The molecule has 2 aliphatic heterocycles. The van der Waals surface area contributed by atoms with E-state index in [1.54, 1.807) is 12.5 Å². The summed E-state index contributed by atoms with van der Waals surface area (Å²) in [6, 6.07) is 4.37. The van der Waals surface area contributed by atoms with Crippen LogP contribution in [-0.2, 0) is 17.5 Å². The smallest absolute Gasteiger partial charge is 0.379 e. The molecule has 0 radical (unpaired) electrons. The van der Waals surface area contributed by atoms with Crippen molar-refractivity contribution < 1.29 is 17.9 Å². The molecule has 35 heavy (non-hydrogen) atoms. The van der Waals surface area contributed by atoms with Gasteiger partial charge in [0.1, 0.15) is 5.82 Å². The summed E-state index contributed by atoms with van der Waals surface area (Å²) in [5.41, 5.74) is -0.701. The van der Waals surface area contributed by atoms with Crippen molar-refractivity contribution in [1.29, 1.82) is 0 Å². The zero-order valence-electron chi connectivity index (χ0n) is 19.4. The van der Waals surface area contributed by atoms with E-state index < -0.39 is 28.3 Å². The number of nitrogens with zero attached hydrogens (tertiary/aromatic N) is 3. The standard InChI is InChI=1S/C23H26ClF3N4O2S2/c1-12-7-30(8-13(2)28-12)21-17-4-14(23(25,26)27)5-18-20(17)31(22(32)29-21)9-16(33-3)11-35(18)19-6-15(24)10-34-19/h4-6,10,12-13,16,28,35H,7-9,11H2,1-3H3/t12-,13+,16-/m0/s1. The van der Waals surface area contributed by atoms with Crippen LogP contribution in [0.1, 0.15) is 19.4 Å². The summed E-state index contributed by atoms with van der Waals surface area (Å²) < 4.78 is 50.5. The van der Waals surface area contributed by atoms with Crippen molar-refractivity contribution in [2.24, 2.45) is 0 Å². The minimum absolute atomic E-state index is 0.0993. The van der Waals surface area contributed by atoms with E-state index in [0.29, 0.717) is 45.5 Å². The maximum Gasteiger partial charge on any atom is 0.416 e. The van der Waals surface area contributed by atoms with Gasteiger partial charge in [0.2, 0.25) is 0 Å². The van der Waals surface area contributed by atoms with E-state index in [4.69, 9.17) is 16.3 Å². The number of anilines is 1. The number of aromatic nitrogens is 2. The molecule has 12 heteroatoms. The Labute approximate surface area is 212 Å². The van der Waals surface area contributed by atoms with E-state index in [9.17, 15) is 18.0 Å². The summed E-state index contributed by atoms with van der Waals surface area (Å²) in [6.45, 7) is 5.32.